The second-order valence-electron chi connectivity index (χ2n) is 15.2. The molecule has 2 nitrogen and oxygen atoms in total. The molecule has 7 unspecified atom stereocenters. The van der Waals surface area contributed by atoms with Crippen LogP contribution in [0, 0.1) is 50.7 Å². The first-order valence-electron chi connectivity index (χ1n) is 15.0. The van der Waals surface area contributed by atoms with E-state index in [-0.39, 0.29) is 10.8 Å². The lowest BCUT2D eigenvalue weighted by molar-refractivity contribution is -0.225. The molecule has 0 spiro atoms. The molecule has 0 aliphatic heterocycles. The number of hydrogen-bond acceptors (Lipinski definition) is 1. The highest BCUT2D eigenvalue weighted by atomic mass is 16.2. The highest BCUT2D eigenvalue weighted by molar-refractivity contribution is 5.83. The Balaban J connectivity index is 1.52. The van der Waals surface area contributed by atoms with Gasteiger partial charge in [-0.1, -0.05) is 65.8 Å². The van der Waals surface area contributed by atoms with Crippen LogP contribution >= 0.6 is 0 Å². The van der Waals surface area contributed by atoms with Crippen LogP contribution < -0.4 is 0 Å². The molecule has 0 bridgehead atoms. The van der Waals surface area contributed by atoms with Crippen molar-refractivity contribution in [2.75, 3.05) is 14.1 Å². The molecule has 0 radical (unpaired) electrons. The molecule has 4 saturated carbocycles. The van der Waals surface area contributed by atoms with Gasteiger partial charge in [0.2, 0.25) is 5.91 Å². The van der Waals surface area contributed by atoms with E-state index in [1.165, 1.54) is 56.9 Å². The Labute approximate surface area is 222 Å². The molecular weight excluding hydrogens is 438 g/mol. The van der Waals surface area contributed by atoms with Gasteiger partial charge in [-0.25, -0.2) is 0 Å². The van der Waals surface area contributed by atoms with E-state index in [0.29, 0.717) is 34.0 Å². The van der Waals surface area contributed by atoms with Crippen LogP contribution in [0.5, 0.6) is 0 Å². The number of amides is 1. The number of carbonyl (C=O) groups excluding carboxylic acids is 1. The largest absolute Gasteiger partial charge is 0.348 e. The summed E-state index contributed by atoms with van der Waals surface area (Å²) in [6, 6.07) is 0. The van der Waals surface area contributed by atoms with E-state index in [4.69, 9.17) is 0 Å². The number of allylic oxidation sites excluding steroid dienone is 5. The molecule has 0 aromatic rings. The normalized spacial score (nSPS) is 47.6. The summed E-state index contributed by atoms with van der Waals surface area (Å²) in [5.74, 6) is 3.23. The Morgan fingerprint density at radius 1 is 0.917 bits per heavy atom. The number of nitrogens with zero attached hydrogens (tertiary/aromatic N) is 1. The van der Waals surface area contributed by atoms with E-state index in [2.05, 4.69) is 60.3 Å². The minimum absolute atomic E-state index is 0.0720. The maximum absolute atomic E-state index is 13.6. The molecule has 8 atom stereocenters. The molecule has 0 N–H and O–H groups in total. The lowest BCUT2D eigenvalue weighted by Crippen LogP contribution is -2.65. The number of hydrogen-bond donors (Lipinski definition) is 0. The fourth-order valence-corrected chi connectivity index (χ4v) is 11.9. The molecule has 5 rings (SSSR count). The molecule has 4 fully saturated rings. The van der Waals surface area contributed by atoms with Crippen molar-refractivity contribution in [3.05, 3.63) is 36.0 Å². The Morgan fingerprint density at radius 2 is 1.64 bits per heavy atom. The van der Waals surface area contributed by atoms with E-state index in [0.717, 1.165) is 24.7 Å². The minimum atomic E-state index is -0.0720. The van der Waals surface area contributed by atoms with Gasteiger partial charge in [-0.15, -0.1) is 0 Å². The first-order valence-corrected chi connectivity index (χ1v) is 15.0. The zero-order chi connectivity index (χ0) is 26.3. The zero-order valence-corrected chi connectivity index (χ0v) is 24.7. The third kappa shape index (κ3) is 3.17. The molecule has 36 heavy (non-hydrogen) atoms. The predicted molar refractivity (Wildman–Crippen MR) is 151 cm³/mol. The monoisotopic (exact) mass is 491 g/mol. The molecule has 0 aromatic heterocycles. The van der Waals surface area contributed by atoms with Gasteiger partial charge in [0.05, 0.1) is 5.41 Å². The summed E-state index contributed by atoms with van der Waals surface area (Å²) in [7, 11) is 3.97. The number of rotatable bonds is 3. The van der Waals surface area contributed by atoms with Gasteiger partial charge in [-0.2, -0.15) is 0 Å². The Hall–Kier alpha value is -1.31. The molecule has 2 heteroatoms. The molecule has 5 aliphatic rings. The lowest BCUT2D eigenvalue weighted by Gasteiger charge is -2.72. The van der Waals surface area contributed by atoms with Crippen LogP contribution in [0.3, 0.4) is 0 Å². The Bertz CT molecular complexity index is 1000. The van der Waals surface area contributed by atoms with Gasteiger partial charge in [-0.3, -0.25) is 4.79 Å². The minimum Gasteiger partial charge on any atom is -0.348 e. The smallest absolute Gasteiger partial charge is 0.228 e. The van der Waals surface area contributed by atoms with Crippen molar-refractivity contribution in [3.8, 4) is 0 Å². The SMILES string of the molecule is C=C/C=C(\C)C1=CCC2(C)C(CCC3(C)C2CCC2C4CCCC4(C(=O)N(C)C)CC[C@]23C)C1(C)C. The third-order valence-corrected chi connectivity index (χ3v) is 13.6. The highest BCUT2D eigenvalue weighted by Gasteiger charge is 2.70. The number of fused-ring (bicyclic) bond motifs is 7. The summed E-state index contributed by atoms with van der Waals surface area (Å²) in [6.07, 6.45) is 19.4. The maximum Gasteiger partial charge on any atom is 0.228 e. The van der Waals surface area contributed by atoms with Gasteiger partial charge < -0.3 is 4.90 Å². The van der Waals surface area contributed by atoms with Crippen LogP contribution in [0.1, 0.15) is 106 Å². The molecular formula is C34H53NO. The van der Waals surface area contributed by atoms with Crippen molar-refractivity contribution in [2.24, 2.45) is 50.7 Å². The van der Waals surface area contributed by atoms with Gasteiger partial charge in [0.15, 0.2) is 0 Å². The molecule has 5 aliphatic carbocycles. The fraction of sp³-hybridized carbons (Fsp3) is 0.794. The summed E-state index contributed by atoms with van der Waals surface area (Å²) < 4.78 is 0. The van der Waals surface area contributed by atoms with Gasteiger partial charge in [0.1, 0.15) is 0 Å². The van der Waals surface area contributed by atoms with Crippen molar-refractivity contribution in [2.45, 2.75) is 106 Å². The summed E-state index contributed by atoms with van der Waals surface area (Å²) in [6.45, 7) is 19.4. The fourth-order valence-electron chi connectivity index (χ4n) is 11.9. The second kappa shape index (κ2) is 8.34. The Morgan fingerprint density at radius 3 is 2.31 bits per heavy atom. The van der Waals surface area contributed by atoms with E-state index in [1.807, 2.05) is 25.1 Å². The van der Waals surface area contributed by atoms with Crippen LogP contribution in [-0.2, 0) is 4.79 Å². The van der Waals surface area contributed by atoms with Crippen LogP contribution in [0.25, 0.3) is 0 Å². The van der Waals surface area contributed by atoms with Crippen molar-refractivity contribution < 1.29 is 4.79 Å². The first kappa shape index (κ1) is 26.3. The first-order chi connectivity index (χ1) is 16.8. The van der Waals surface area contributed by atoms with Crippen LogP contribution in [0.4, 0.5) is 0 Å². The van der Waals surface area contributed by atoms with Crippen molar-refractivity contribution in [1.29, 1.82) is 0 Å². The van der Waals surface area contributed by atoms with Crippen molar-refractivity contribution >= 4 is 5.91 Å². The molecule has 1 amide bonds. The average molecular weight is 492 g/mol. The topological polar surface area (TPSA) is 20.3 Å². The van der Waals surface area contributed by atoms with Crippen LogP contribution in [-0.4, -0.2) is 24.9 Å². The van der Waals surface area contributed by atoms with Gasteiger partial charge in [0.25, 0.3) is 0 Å². The van der Waals surface area contributed by atoms with E-state index < -0.39 is 0 Å². The predicted octanol–water partition coefficient (Wildman–Crippen LogP) is 8.60. The molecule has 0 aromatic carbocycles. The quantitative estimate of drug-likeness (QED) is 0.362. The summed E-state index contributed by atoms with van der Waals surface area (Å²) in [5, 5.41) is 0. The number of carbonyl (C=O) groups is 1. The van der Waals surface area contributed by atoms with Gasteiger partial charge in [0, 0.05) is 14.1 Å². The Kier molecular flexibility index (Phi) is 6.10. The third-order valence-electron chi connectivity index (χ3n) is 13.6. The average Bonchev–Trinajstić information content (AvgIpc) is 3.24. The van der Waals surface area contributed by atoms with Crippen molar-refractivity contribution in [3.63, 3.8) is 0 Å². The molecule has 0 heterocycles. The van der Waals surface area contributed by atoms with E-state index >= 15 is 0 Å². The summed E-state index contributed by atoms with van der Waals surface area (Å²) in [4.78, 5) is 15.5. The highest BCUT2D eigenvalue weighted by Crippen LogP contribution is 2.77. The van der Waals surface area contributed by atoms with Gasteiger partial charge in [-0.05, 0) is 121 Å². The lowest BCUT2D eigenvalue weighted by atomic mass is 9.32. The molecule has 200 valence electrons. The van der Waals surface area contributed by atoms with Crippen molar-refractivity contribution in [1.82, 2.24) is 4.90 Å². The second-order valence-corrected chi connectivity index (χ2v) is 15.2. The summed E-state index contributed by atoms with van der Waals surface area (Å²) >= 11 is 0. The zero-order valence-electron chi connectivity index (χ0n) is 24.7. The maximum atomic E-state index is 13.6. The summed E-state index contributed by atoms with van der Waals surface area (Å²) in [5.41, 5.74) is 4.15. The van der Waals surface area contributed by atoms with E-state index in [9.17, 15) is 4.79 Å². The van der Waals surface area contributed by atoms with E-state index in [1.54, 1.807) is 5.57 Å². The van der Waals surface area contributed by atoms with Crippen LogP contribution in [0.2, 0.25) is 0 Å². The van der Waals surface area contributed by atoms with Gasteiger partial charge >= 0.3 is 0 Å². The molecule has 0 saturated heterocycles. The van der Waals surface area contributed by atoms with Crippen LogP contribution in [0.15, 0.2) is 36.0 Å². The standard InChI is InChI=1S/C34H53NO/c1-10-12-23(2)24-16-19-31(5)27(30(24,3)4)17-20-33(7)28(31)15-14-25-26-13-11-18-34(26,29(36)35(8)9)22-21-32(25,33)6/h10,12,16,25-28H,1,11,13-15,17-22H2,2-9H3/b23-12+/t25?,26?,27?,28?,31?,32-,33?,34?/m1/s1.